The molecule has 0 aliphatic carbocycles. The number of pyridine rings is 3. The van der Waals surface area contributed by atoms with Crippen molar-refractivity contribution < 1.29 is 13.6 Å². The van der Waals surface area contributed by atoms with Crippen LogP contribution in [0.5, 0.6) is 0 Å². The molecule has 0 unspecified atom stereocenters. The predicted molar refractivity (Wildman–Crippen MR) is 148 cm³/mol. The fourth-order valence-electron chi connectivity index (χ4n) is 4.59. The van der Waals surface area contributed by atoms with Crippen molar-refractivity contribution in [1.29, 1.82) is 0 Å². The number of nitrogens with one attached hydrogen (secondary N) is 3. The monoisotopic (exact) mass is 538 g/mol. The third-order valence-corrected chi connectivity index (χ3v) is 6.31. The lowest BCUT2D eigenvalue weighted by Crippen LogP contribution is -2.19. The number of hydrogen-bond donors (Lipinski definition) is 3. The van der Waals surface area contributed by atoms with Crippen LogP contribution in [0.3, 0.4) is 0 Å². The molecule has 40 heavy (non-hydrogen) atoms. The molecule has 6 rings (SSSR count). The summed E-state index contributed by atoms with van der Waals surface area (Å²) in [5.74, 6) is -0.918. The van der Waals surface area contributed by atoms with Crippen LogP contribution in [0, 0.1) is 17.0 Å². The molecule has 11 heteroatoms. The molecule has 0 atom stereocenters. The number of H-pyrrole nitrogens is 2. The first-order valence-corrected chi connectivity index (χ1v) is 12.5. The van der Waals surface area contributed by atoms with E-state index in [4.69, 9.17) is 0 Å². The summed E-state index contributed by atoms with van der Waals surface area (Å²) < 4.78 is 30.6. The molecule has 0 aliphatic rings. The van der Waals surface area contributed by atoms with Gasteiger partial charge < -0.3 is 10.3 Å². The Labute approximate surface area is 227 Å². The van der Waals surface area contributed by atoms with E-state index in [1.807, 2.05) is 20.8 Å². The Kier molecular flexibility index (Phi) is 6.05. The van der Waals surface area contributed by atoms with Gasteiger partial charge in [0.2, 0.25) is 5.91 Å². The second kappa shape index (κ2) is 9.60. The van der Waals surface area contributed by atoms with E-state index < -0.39 is 11.6 Å². The highest BCUT2D eigenvalue weighted by atomic mass is 19.1. The summed E-state index contributed by atoms with van der Waals surface area (Å²) in [5.41, 5.74) is 3.15. The molecule has 5 aromatic heterocycles. The zero-order valence-corrected chi connectivity index (χ0v) is 21.9. The first-order valence-electron chi connectivity index (χ1n) is 12.5. The van der Waals surface area contributed by atoms with Crippen molar-refractivity contribution >= 4 is 33.5 Å². The van der Waals surface area contributed by atoms with Gasteiger partial charge in [0.25, 0.3) is 0 Å². The van der Waals surface area contributed by atoms with E-state index in [0.29, 0.717) is 45.3 Å². The molecule has 0 saturated heterocycles. The summed E-state index contributed by atoms with van der Waals surface area (Å²) in [6.45, 7) is 5.91. The van der Waals surface area contributed by atoms with Gasteiger partial charge in [-0.05, 0) is 17.5 Å². The van der Waals surface area contributed by atoms with E-state index in [2.05, 4.69) is 40.4 Å². The first-order chi connectivity index (χ1) is 19.2. The number of aromatic nitrogens is 7. The molecule has 6 aromatic rings. The van der Waals surface area contributed by atoms with Gasteiger partial charge in [0.05, 0.1) is 40.7 Å². The number of rotatable bonds is 5. The molecular formula is C29H24F2N8O. The fourth-order valence-corrected chi connectivity index (χ4v) is 4.59. The SMILES string of the molecule is CC(C)(C)CC(=O)Nc1cncc(-c2ncc3[nH]nc(-c4nc5c(-c6ccccc6F)cncc5[nH]4)c3c2F)c1. The zero-order valence-electron chi connectivity index (χ0n) is 21.9. The second-order valence-corrected chi connectivity index (χ2v) is 10.7. The molecule has 1 amide bonds. The molecule has 0 saturated carbocycles. The topological polar surface area (TPSA) is 125 Å². The summed E-state index contributed by atoms with van der Waals surface area (Å²) in [6.07, 6.45) is 7.88. The Morgan fingerprint density at radius 3 is 2.55 bits per heavy atom. The second-order valence-electron chi connectivity index (χ2n) is 10.7. The van der Waals surface area contributed by atoms with E-state index in [-0.39, 0.29) is 33.9 Å². The van der Waals surface area contributed by atoms with Gasteiger partial charge in [-0.15, -0.1) is 0 Å². The summed E-state index contributed by atoms with van der Waals surface area (Å²) in [4.78, 5) is 32.9. The van der Waals surface area contributed by atoms with Crippen LogP contribution in [-0.2, 0) is 4.79 Å². The molecule has 0 bridgehead atoms. The van der Waals surface area contributed by atoms with Crippen LogP contribution in [-0.4, -0.2) is 41.0 Å². The molecule has 1 aromatic carbocycles. The summed E-state index contributed by atoms with van der Waals surface area (Å²) in [5, 5.41) is 10.1. The lowest BCUT2D eigenvalue weighted by molar-refractivity contribution is -0.117. The highest BCUT2D eigenvalue weighted by molar-refractivity contribution is 5.98. The van der Waals surface area contributed by atoms with Crippen molar-refractivity contribution in [3.63, 3.8) is 0 Å². The largest absolute Gasteiger partial charge is 0.335 e. The van der Waals surface area contributed by atoms with Crippen LogP contribution in [0.15, 0.2) is 61.3 Å². The summed E-state index contributed by atoms with van der Waals surface area (Å²) in [6, 6.07) is 7.98. The van der Waals surface area contributed by atoms with E-state index in [1.165, 1.54) is 30.9 Å². The number of amides is 1. The third-order valence-electron chi connectivity index (χ3n) is 6.31. The van der Waals surface area contributed by atoms with Crippen LogP contribution < -0.4 is 5.32 Å². The van der Waals surface area contributed by atoms with Crippen molar-refractivity contribution in [1.82, 2.24) is 35.1 Å². The third kappa shape index (κ3) is 4.66. The van der Waals surface area contributed by atoms with E-state index in [9.17, 15) is 9.18 Å². The zero-order chi connectivity index (χ0) is 28.0. The lowest BCUT2D eigenvalue weighted by Gasteiger charge is -2.17. The van der Waals surface area contributed by atoms with E-state index >= 15 is 4.39 Å². The van der Waals surface area contributed by atoms with Gasteiger partial charge >= 0.3 is 0 Å². The van der Waals surface area contributed by atoms with Crippen molar-refractivity contribution in [3.8, 4) is 33.9 Å². The number of anilines is 1. The average molecular weight is 539 g/mol. The first kappa shape index (κ1) is 25.2. The minimum Gasteiger partial charge on any atom is -0.335 e. The van der Waals surface area contributed by atoms with Gasteiger partial charge in [-0.3, -0.25) is 24.8 Å². The summed E-state index contributed by atoms with van der Waals surface area (Å²) in [7, 11) is 0. The lowest BCUT2D eigenvalue weighted by atomic mass is 9.92. The average Bonchev–Trinajstić information content (AvgIpc) is 3.53. The maximum absolute atomic E-state index is 16.1. The molecule has 9 nitrogen and oxygen atoms in total. The molecule has 0 spiro atoms. The van der Waals surface area contributed by atoms with Crippen LogP contribution >= 0.6 is 0 Å². The number of carbonyl (C=O) groups excluding carboxylic acids is 1. The highest BCUT2D eigenvalue weighted by Gasteiger charge is 2.22. The molecular weight excluding hydrogens is 514 g/mol. The number of imidazole rings is 1. The normalized spacial score (nSPS) is 11.8. The number of fused-ring (bicyclic) bond motifs is 2. The van der Waals surface area contributed by atoms with Gasteiger partial charge in [0.1, 0.15) is 22.7 Å². The fraction of sp³-hybridized carbons (Fsp3) is 0.172. The van der Waals surface area contributed by atoms with Crippen molar-refractivity contribution in [2.45, 2.75) is 27.2 Å². The van der Waals surface area contributed by atoms with Gasteiger partial charge in [0.15, 0.2) is 11.6 Å². The molecule has 0 fully saturated rings. The Balaban J connectivity index is 1.41. The molecule has 5 heterocycles. The minimum absolute atomic E-state index is 0.0411. The Hall–Kier alpha value is -5.06. The smallest absolute Gasteiger partial charge is 0.224 e. The van der Waals surface area contributed by atoms with Crippen molar-refractivity contribution in [3.05, 3.63) is 73.0 Å². The van der Waals surface area contributed by atoms with E-state index in [1.54, 1.807) is 30.5 Å². The molecule has 3 N–H and O–H groups in total. The maximum atomic E-state index is 16.1. The number of hydrogen-bond acceptors (Lipinski definition) is 6. The maximum Gasteiger partial charge on any atom is 0.224 e. The Morgan fingerprint density at radius 1 is 0.950 bits per heavy atom. The number of carbonyl (C=O) groups is 1. The number of benzene rings is 1. The molecule has 200 valence electrons. The minimum atomic E-state index is -0.630. The predicted octanol–water partition coefficient (Wildman–Crippen LogP) is 6.28. The van der Waals surface area contributed by atoms with Crippen LogP contribution in [0.2, 0.25) is 0 Å². The summed E-state index contributed by atoms with van der Waals surface area (Å²) >= 11 is 0. The highest BCUT2D eigenvalue weighted by Crippen LogP contribution is 2.35. The Bertz CT molecular complexity index is 1900. The van der Waals surface area contributed by atoms with Gasteiger partial charge in [-0.25, -0.2) is 13.8 Å². The van der Waals surface area contributed by atoms with Gasteiger partial charge in [-0.2, -0.15) is 5.10 Å². The number of nitrogens with zero attached hydrogens (tertiary/aromatic N) is 5. The number of aromatic amines is 2. The van der Waals surface area contributed by atoms with E-state index in [0.717, 1.165) is 0 Å². The van der Waals surface area contributed by atoms with Gasteiger partial charge in [-0.1, -0.05) is 39.0 Å². The standard InChI is InChI=1S/C29H24F2N8O/c1-29(2,3)9-22(40)35-16-8-15(10-32-11-16)25-24(31)23-20(14-34-25)38-39-27(23)28-36-21-13-33-12-18(26(21)37-28)17-6-4-5-7-19(17)30/h4-8,10-14H,9H2,1-3H3,(H,35,40)(H,36,37)(H,38,39). The van der Waals surface area contributed by atoms with Crippen molar-refractivity contribution in [2.75, 3.05) is 5.32 Å². The van der Waals surface area contributed by atoms with Crippen molar-refractivity contribution in [2.24, 2.45) is 5.41 Å². The quantitative estimate of drug-likeness (QED) is 0.237. The molecule has 0 aliphatic heterocycles. The van der Waals surface area contributed by atoms with Crippen LogP contribution in [0.1, 0.15) is 27.2 Å². The van der Waals surface area contributed by atoms with Crippen LogP contribution in [0.4, 0.5) is 14.5 Å². The molecule has 0 radical (unpaired) electrons. The van der Waals surface area contributed by atoms with Gasteiger partial charge in [0, 0.05) is 35.5 Å². The van der Waals surface area contributed by atoms with Crippen LogP contribution in [0.25, 0.3) is 55.8 Å². The Morgan fingerprint density at radius 2 is 1.75 bits per heavy atom. The number of halogens is 2.